The van der Waals surface area contributed by atoms with Crippen molar-refractivity contribution in [3.63, 3.8) is 0 Å². The average Bonchev–Trinajstić information content (AvgIpc) is 3.18. The molecule has 4 rings (SSSR count). The molecular weight excluding hydrogens is 377 g/mol. The highest BCUT2D eigenvalue weighted by Crippen LogP contribution is 2.25. The zero-order valence-corrected chi connectivity index (χ0v) is 16.0. The average molecular weight is 397 g/mol. The van der Waals surface area contributed by atoms with Gasteiger partial charge in [-0.15, -0.1) is 10.2 Å². The first kappa shape index (κ1) is 18.4. The molecule has 1 fully saturated rings. The van der Waals surface area contributed by atoms with E-state index in [0.29, 0.717) is 12.0 Å². The molecule has 6 nitrogen and oxygen atoms in total. The van der Waals surface area contributed by atoms with Crippen LogP contribution in [-0.4, -0.2) is 42.3 Å². The fraction of sp³-hybridized carbons (Fsp3) is 0.250. The zero-order valence-electron chi connectivity index (χ0n) is 15.2. The van der Waals surface area contributed by atoms with Gasteiger partial charge in [0.15, 0.2) is 0 Å². The maximum atomic E-state index is 13.0. The van der Waals surface area contributed by atoms with Crippen molar-refractivity contribution in [1.29, 1.82) is 0 Å². The van der Waals surface area contributed by atoms with Crippen LogP contribution >= 0.6 is 11.3 Å². The first-order chi connectivity index (χ1) is 13.6. The minimum absolute atomic E-state index is 0.233. The predicted molar refractivity (Wildman–Crippen MR) is 109 cm³/mol. The van der Waals surface area contributed by atoms with Crippen molar-refractivity contribution in [1.82, 2.24) is 10.2 Å². The highest BCUT2D eigenvalue weighted by Gasteiger charge is 2.20. The molecule has 0 atom stereocenters. The molecule has 2 heterocycles. The molecule has 0 radical (unpaired) electrons. The Labute approximate surface area is 166 Å². The number of amides is 1. The first-order valence-electron chi connectivity index (χ1n) is 9.05. The second-order valence-corrected chi connectivity index (χ2v) is 7.71. The van der Waals surface area contributed by atoms with Crippen LogP contribution in [-0.2, 0) is 6.42 Å². The molecule has 1 aliphatic rings. The van der Waals surface area contributed by atoms with Gasteiger partial charge in [0.2, 0.25) is 11.0 Å². The molecular formula is C20H20FN5OS. The van der Waals surface area contributed by atoms with Crippen LogP contribution in [0.2, 0.25) is 0 Å². The van der Waals surface area contributed by atoms with Gasteiger partial charge in [-0.05, 0) is 42.0 Å². The third-order valence-corrected chi connectivity index (χ3v) is 5.78. The SMILES string of the molecule is NC(=O)c1ccc(N2CCN(c3nnc(Cc4ccc(F)cc4)s3)CC2)cc1. The Hall–Kier alpha value is -3.00. The van der Waals surface area contributed by atoms with Crippen LogP contribution in [0.1, 0.15) is 20.9 Å². The molecule has 0 spiro atoms. The van der Waals surface area contributed by atoms with Gasteiger partial charge in [-0.3, -0.25) is 4.79 Å². The Morgan fingerprint density at radius 3 is 2.25 bits per heavy atom. The van der Waals surface area contributed by atoms with Crippen molar-refractivity contribution in [3.8, 4) is 0 Å². The summed E-state index contributed by atoms with van der Waals surface area (Å²) in [6.45, 7) is 3.43. The fourth-order valence-corrected chi connectivity index (χ4v) is 4.14. The van der Waals surface area contributed by atoms with E-state index in [4.69, 9.17) is 5.73 Å². The maximum absolute atomic E-state index is 13.0. The molecule has 2 N–H and O–H groups in total. The van der Waals surface area contributed by atoms with Gasteiger partial charge < -0.3 is 15.5 Å². The highest BCUT2D eigenvalue weighted by atomic mass is 32.1. The van der Waals surface area contributed by atoms with E-state index < -0.39 is 5.91 Å². The van der Waals surface area contributed by atoms with E-state index >= 15 is 0 Å². The third kappa shape index (κ3) is 4.12. The topological polar surface area (TPSA) is 75.4 Å². The Morgan fingerprint density at radius 1 is 0.964 bits per heavy atom. The molecule has 1 aromatic heterocycles. The van der Waals surface area contributed by atoms with E-state index in [2.05, 4.69) is 20.0 Å². The van der Waals surface area contributed by atoms with Crippen LogP contribution in [0.3, 0.4) is 0 Å². The van der Waals surface area contributed by atoms with E-state index in [1.807, 2.05) is 12.1 Å². The molecule has 0 aliphatic carbocycles. The Kier molecular flexibility index (Phi) is 5.21. The van der Waals surface area contributed by atoms with Crippen molar-refractivity contribution in [2.75, 3.05) is 36.0 Å². The van der Waals surface area contributed by atoms with Crippen molar-refractivity contribution in [3.05, 3.63) is 70.5 Å². The number of hydrogen-bond donors (Lipinski definition) is 1. The maximum Gasteiger partial charge on any atom is 0.248 e. The number of carbonyl (C=O) groups excluding carboxylic acids is 1. The lowest BCUT2D eigenvalue weighted by atomic mass is 10.1. The van der Waals surface area contributed by atoms with Crippen molar-refractivity contribution in [2.45, 2.75) is 6.42 Å². The number of nitrogens with zero attached hydrogens (tertiary/aromatic N) is 4. The molecule has 1 aliphatic heterocycles. The van der Waals surface area contributed by atoms with Crippen LogP contribution in [0.5, 0.6) is 0 Å². The van der Waals surface area contributed by atoms with Crippen LogP contribution in [0, 0.1) is 5.82 Å². The van der Waals surface area contributed by atoms with Gasteiger partial charge in [-0.25, -0.2) is 4.39 Å². The van der Waals surface area contributed by atoms with E-state index in [0.717, 1.165) is 47.6 Å². The summed E-state index contributed by atoms with van der Waals surface area (Å²) in [6, 6.07) is 13.9. The van der Waals surface area contributed by atoms with E-state index in [9.17, 15) is 9.18 Å². The number of aromatic nitrogens is 2. The second kappa shape index (κ2) is 7.93. The number of anilines is 2. The lowest BCUT2D eigenvalue weighted by Crippen LogP contribution is -2.46. The Morgan fingerprint density at radius 2 is 1.61 bits per heavy atom. The molecule has 0 unspecified atom stereocenters. The number of carbonyl (C=O) groups is 1. The number of piperazine rings is 1. The summed E-state index contributed by atoms with van der Waals surface area (Å²) in [5.41, 5.74) is 7.92. The molecule has 3 aromatic rings. The number of rotatable bonds is 5. The number of primary amides is 1. The second-order valence-electron chi connectivity index (χ2n) is 6.67. The van der Waals surface area contributed by atoms with Crippen LogP contribution < -0.4 is 15.5 Å². The molecule has 1 amide bonds. The summed E-state index contributed by atoms with van der Waals surface area (Å²) < 4.78 is 13.0. The zero-order chi connectivity index (χ0) is 19.5. The lowest BCUT2D eigenvalue weighted by molar-refractivity contribution is 0.100. The molecule has 1 saturated heterocycles. The standard InChI is InChI=1S/C20H20FN5OS/c21-16-5-1-14(2-6-16)13-18-23-24-20(28-18)26-11-9-25(10-12-26)17-7-3-15(4-8-17)19(22)27/h1-8H,9-13H2,(H2,22,27). The number of halogens is 1. The number of hydrogen-bond acceptors (Lipinski definition) is 6. The monoisotopic (exact) mass is 397 g/mol. The van der Waals surface area contributed by atoms with Gasteiger partial charge in [0.25, 0.3) is 0 Å². The van der Waals surface area contributed by atoms with Crippen molar-refractivity contribution < 1.29 is 9.18 Å². The van der Waals surface area contributed by atoms with Gasteiger partial charge >= 0.3 is 0 Å². The van der Waals surface area contributed by atoms with Gasteiger partial charge in [0.05, 0.1) is 0 Å². The van der Waals surface area contributed by atoms with E-state index in [-0.39, 0.29) is 5.82 Å². The number of benzene rings is 2. The van der Waals surface area contributed by atoms with Crippen LogP contribution in [0.15, 0.2) is 48.5 Å². The summed E-state index contributed by atoms with van der Waals surface area (Å²) in [7, 11) is 0. The molecule has 2 aromatic carbocycles. The first-order valence-corrected chi connectivity index (χ1v) is 9.87. The predicted octanol–water partition coefficient (Wildman–Crippen LogP) is 2.69. The van der Waals surface area contributed by atoms with Crippen molar-refractivity contribution >= 4 is 28.1 Å². The van der Waals surface area contributed by atoms with Gasteiger partial charge in [0, 0.05) is 43.9 Å². The number of nitrogens with two attached hydrogens (primary N) is 1. The Bertz CT molecular complexity index is 949. The summed E-state index contributed by atoms with van der Waals surface area (Å²) >= 11 is 1.58. The lowest BCUT2D eigenvalue weighted by Gasteiger charge is -2.35. The highest BCUT2D eigenvalue weighted by molar-refractivity contribution is 7.15. The van der Waals surface area contributed by atoms with E-state index in [1.54, 1.807) is 35.6 Å². The summed E-state index contributed by atoms with van der Waals surface area (Å²) in [5, 5.41) is 10.5. The van der Waals surface area contributed by atoms with Crippen LogP contribution in [0.4, 0.5) is 15.2 Å². The summed E-state index contributed by atoms with van der Waals surface area (Å²) in [4.78, 5) is 15.7. The summed E-state index contributed by atoms with van der Waals surface area (Å²) in [5.74, 6) is -0.645. The minimum atomic E-state index is -0.413. The largest absolute Gasteiger partial charge is 0.368 e. The van der Waals surface area contributed by atoms with Gasteiger partial charge in [-0.1, -0.05) is 23.5 Å². The van der Waals surface area contributed by atoms with Crippen molar-refractivity contribution in [2.24, 2.45) is 5.73 Å². The van der Waals surface area contributed by atoms with Gasteiger partial charge in [0.1, 0.15) is 10.8 Å². The molecule has 144 valence electrons. The third-order valence-electron chi connectivity index (χ3n) is 4.79. The fourth-order valence-electron chi connectivity index (χ4n) is 3.21. The molecule has 0 bridgehead atoms. The van der Waals surface area contributed by atoms with Crippen LogP contribution in [0.25, 0.3) is 0 Å². The molecule has 8 heteroatoms. The summed E-state index contributed by atoms with van der Waals surface area (Å²) in [6.07, 6.45) is 0.657. The smallest absolute Gasteiger partial charge is 0.248 e. The Balaban J connectivity index is 1.35. The molecule has 28 heavy (non-hydrogen) atoms. The van der Waals surface area contributed by atoms with Gasteiger partial charge in [-0.2, -0.15) is 0 Å². The normalized spacial score (nSPS) is 14.3. The minimum Gasteiger partial charge on any atom is -0.368 e. The molecule has 0 saturated carbocycles. The quantitative estimate of drug-likeness (QED) is 0.716. The van der Waals surface area contributed by atoms with E-state index in [1.165, 1.54) is 12.1 Å².